The van der Waals surface area contributed by atoms with Crippen molar-refractivity contribution < 1.29 is 19.1 Å². The van der Waals surface area contributed by atoms with Gasteiger partial charge in [0.2, 0.25) is 0 Å². The molecule has 21 heavy (non-hydrogen) atoms. The van der Waals surface area contributed by atoms with Crippen molar-refractivity contribution in [1.29, 1.82) is 0 Å². The molecule has 0 saturated carbocycles. The zero-order valence-corrected chi connectivity index (χ0v) is 12.7. The van der Waals surface area contributed by atoms with Gasteiger partial charge < -0.3 is 9.47 Å². The number of anilines is 1. The summed E-state index contributed by atoms with van der Waals surface area (Å²) in [6, 6.07) is 0.300. The van der Waals surface area contributed by atoms with Crippen molar-refractivity contribution in [2.45, 2.75) is 39.3 Å². The minimum absolute atomic E-state index is 0.183. The maximum absolute atomic E-state index is 11.9. The van der Waals surface area contributed by atoms with Gasteiger partial charge in [-0.25, -0.2) is 14.3 Å². The van der Waals surface area contributed by atoms with E-state index in [4.69, 9.17) is 4.74 Å². The lowest BCUT2D eigenvalue weighted by Crippen LogP contribution is -2.32. The van der Waals surface area contributed by atoms with Gasteiger partial charge in [-0.05, 0) is 27.7 Å². The van der Waals surface area contributed by atoms with Crippen molar-refractivity contribution in [3.63, 3.8) is 0 Å². The van der Waals surface area contributed by atoms with Gasteiger partial charge in [0.15, 0.2) is 6.04 Å². The summed E-state index contributed by atoms with van der Waals surface area (Å²) < 4.78 is 10.6. The number of nitrogens with one attached hydrogen (secondary N) is 1. The molecule has 8 heteroatoms. The van der Waals surface area contributed by atoms with Crippen LogP contribution < -0.4 is 10.9 Å². The van der Waals surface area contributed by atoms with Crippen LogP contribution in [0.25, 0.3) is 0 Å². The number of nitrogens with zero attached hydrogens (tertiary/aromatic N) is 2. The summed E-state index contributed by atoms with van der Waals surface area (Å²) in [5.41, 5.74) is -1.00. The smallest absolute Gasteiger partial charge is 0.412 e. The Hall–Kier alpha value is -2.38. The molecule has 1 aromatic heterocycles. The molecular weight excluding hydrogens is 278 g/mol. The second-order valence-electron chi connectivity index (χ2n) is 5.35. The van der Waals surface area contributed by atoms with Gasteiger partial charge in [-0.2, -0.15) is 5.10 Å². The number of carbonyl (C=O) groups is 2. The lowest BCUT2D eigenvalue weighted by atomic mass is 10.2. The normalized spacial score (nSPS) is 12.4. The van der Waals surface area contributed by atoms with E-state index in [1.807, 2.05) is 0 Å². The van der Waals surface area contributed by atoms with Crippen LogP contribution in [0.3, 0.4) is 0 Å². The number of carbonyl (C=O) groups excluding carboxylic acids is 2. The van der Waals surface area contributed by atoms with Gasteiger partial charge >= 0.3 is 12.1 Å². The summed E-state index contributed by atoms with van der Waals surface area (Å²) in [6.45, 7) is 6.66. The molecule has 0 radical (unpaired) electrons. The average molecular weight is 297 g/mol. The van der Waals surface area contributed by atoms with Crippen molar-refractivity contribution >= 4 is 17.7 Å². The molecule has 0 aromatic carbocycles. The number of amides is 1. The fraction of sp³-hybridized carbons (Fsp3) is 0.538. The molecule has 1 rings (SSSR count). The molecule has 116 valence electrons. The third-order valence-corrected chi connectivity index (χ3v) is 2.38. The van der Waals surface area contributed by atoms with E-state index in [1.165, 1.54) is 20.2 Å². The Morgan fingerprint density at radius 3 is 2.48 bits per heavy atom. The predicted molar refractivity (Wildman–Crippen MR) is 75.1 cm³/mol. The zero-order chi connectivity index (χ0) is 16.2. The number of rotatable bonds is 3. The Morgan fingerprint density at radius 2 is 2.00 bits per heavy atom. The van der Waals surface area contributed by atoms with E-state index in [0.717, 1.165) is 10.7 Å². The first kappa shape index (κ1) is 16.7. The molecule has 0 bridgehead atoms. The van der Waals surface area contributed by atoms with Crippen LogP contribution in [0.4, 0.5) is 10.5 Å². The molecule has 0 aliphatic heterocycles. The maximum Gasteiger partial charge on any atom is 0.412 e. The van der Waals surface area contributed by atoms with E-state index >= 15 is 0 Å². The number of hydrogen-bond donors (Lipinski definition) is 1. The fourth-order valence-corrected chi connectivity index (χ4v) is 1.47. The van der Waals surface area contributed by atoms with Crippen LogP contribution in [0, 0.1) is 0 Å². The van der Waals surface area contributed by atoms with Gasteiger partial charge in [0, 0.05) is 6.07 Å². The first-order valence-corrected chi connectivity index (χ1v) is 6.31. The quantitative estimate of drug-likeness (QED) is 0.845. The van der Waals surface area contributed by atoms with Crippen molar-refractivity contribution in [2.24, 2.45) is 0 Å². The molecule has 0 fully saturated rings. The molecule has 0 spiro atoms. The van der Waals surface area contributed by atoms with Crippen molar-refractivity contribution in [2.75, 3.05) is 12.4 Å². The van der Waals surface area contributed by atoms with Crippen LogP contribution in [0.15, 0.2) is 17.1 Å². The Morgan fingerprint density at radius 1 is 1.38 bits per heavy atom. The van der Waals surface area contributed by atoms with E-state index in [1.54, 1.807) is 20.8 Å². The van der Waals surface area contributed by atoms with Gasteiger partial charge in [0.1, 0.15) is 5.60 Å². The molecule has 8 nitrogen and oxygen atoms in total. The summed E-state index contributed by atoms with van der Waals surface area (Å²) in [6.07, 6.45) is 0.563. The lowest BCUT2D eigenvalue weighted by Gasteiger charge is -2.19. The molecular formula is C13H19N3O5. The third-order valence-electron chi connectivity index (χ3n) is 2.38. The second kappa shape index (κ2) is 6.38. The summed E-state index contributed by atoms with van der Waals surface area (Å²) in [5, 5.41) is 6.23. The van der Waals surface area contributed by atoms with Crippen LogP contribution in [0.1, 0.15) is 33.7 Å². The van der Waals surface area contributed by atoms with E-state index in [9.17, 15) is 14.4 Å². The number of methoxy groups -OCH3 is 1. The van der Waals surface area contributed by atoms with Crippen molar-refractivity contribution in [3.05, 3.63) is 22.6 Å². The standard InChI is InChI=1S/C13H19N3O5/c1-8(11(18)20-5)16-10(17)6-9(7-14-16)15-12(19)21-13(2,3)4/h6-8H,1-5H3,(H,15,19)/t8-/m1/s1. The fourth-order valence-electron chi connectivity index (χ4n) is 1.47. The highest BCUT2D eigenvalue weighted by molar-refractivity contribution is 5.84. The Bertz CT molecular complexity index is 588. The van der Waals surface area contributed by atoms with Crippen LogP contribution in [0.2, 0.25) is 0 Å². The van der Waals surface area contributed by atoms with Crippen LogP contribution in [0.5, 0.6) is 0 Å². The van der Waals surface area contributed by atoms with Crippen LogP contribution >= 0.6 is 0 Å². The molecule has 1 atom stereocenters. The average Bonchev–Trinajstić information content (AvgIpc) is 2.34. The molecule has 0 aliphatic carbocycles. The van der Waals surface area contributed by atoms with Gasteiger partial charge in [0.05, 0.1) is 19.0 Å². The first-order valence-electron chi connectivity index (χ1n) is 6.31. The van der Waals surface area contributed by atoms with Gasteiger partial charge in [-0.15, -0.1) is 0 Å². The maximum atomic E-state index is 11.9. The largest absolute Gasteiger partial charge is 0.467 e. The lowest BCUT2D eigenvalue weighted by molar-refractivity contribution is -0.144. The van der Waals surface area contributed by atoms with Gasteiger partial charge in [-0.1, -0.05) is 0 Å². The first-order chi connectivity index (χ1) is 9.64. The third kappa shape index (κ3) is 4.90. The van der Waals surface area contributed by atoms with Gasteiger partial charge in [0.25, 0.3) is 5.56 Å². The highest BCUT2D eigenvalue weighted by Gasteiger charge is 2.19. The predicted octanol–water partition coefficient (Wildman–Crippen LogP) is 1.32. The van der Waals surface area contributed by atoms with E-state index < -0.39 is 29.3 Å². The Labute approximate surface area is 122 Å². The van der Waals surface area contributed by atoms with Crippen molar-refractivity contribution in [3.8, 4) is 0 Å². The molecule has 0 unspecified atom stereocenters. The topological polar surface area (TPSA) is 99.5 Å². The van der Waals surface area contributed by atoms with E-state index in [2.05, 4.69) is 15.2 Å². The van der Waals surface area contributed by atoms with Gasteiger partial charge in [-0.3, -0.25) is 10.1 Å². The molecule has 0 saturated heterocycles. The number of hydrogen-bond acceptors (Lipinski definition) is 6. The summed E-state index contributed by atoms with van der Waals surface area (Å²) in [4.78, 5) is 34.8. The molecule has 1 N–H and O–H groups in total. The molecule has 1 heterocycles. The summed E-state index contributed by atoms with van der Waals surface area (Å²) in [7, 11) is 1.22. The minimum Gasteiger partial charge on any atom is -0.467 e. The molecule has 1 amide bonds. The minimum atomic E-state index is -0.849. The monoisotopic (exact) mass is 297 g/mol. The van der Waals surface area contributed by atoms with Crippen LogP contribution in [-0.4, -0.2) is 34.6 Å². The summed E-state index contributed by atoms with van der Waals surface area (Å²) >= 11 is 0. The Balaban J connectivity index is 2.86. The number of ether oxygens (including phenoxy) is 2. The zero-order valence-electron chi connectivity index (χ0n) is 12.7. The van der Waals surface area contributed by atoms with E-state index in [-0.39, 0.29) is 5.69 Å². The summed E-state index contributed by atoms with van der Waals surface area (Å²) in [5.74, 6) is -0.586. The Kier molecular flexibility index (Phi) is 5.07. The van der Waals surface area contributed by atoms with Crippen molar-refractivity contribution in [1.82, 2.24) is 9.78 Å². The SMILES string of the molecule is COC(=O)[C@@H](C)n1ncc(NC(=O)OC(C)(C)C)cc1=O. The molecule has 0 aliphatic rings. The number of aromatic nitrogens is 2. The van der Waals surface area contributed by atoms with Crippen LogP contribution in [-0.2, 0) is 14.3 Å². The number of esters is 1. The highest BCUT2D eigenvalue weighted by atomic mass is 16.6. The highest BCUT2D eigenvalue weighted by Crippen LogP contribution is 2.10. The second-order valence-corrected chi connectivity index (χ2v) is 5.35. The molecule has 1 aromatic rings. The van der Waals surface area contributed by atoms with E-state index in [0.29, 0.717) is 0 Å².